The van der Waals surface area contributed by atoms with Gasteiger partial charge in [-0.2, -0.15) is 0 Å². The molecule has 0 fully saturated rings. The quantitative estimate of drug-likeness (QED) is 0.234. The van der Waals surface area contributed by atoms with Gasteiger partial charge in [-0.05, 0) is 32.3 Å². The molecule has 0 aliphatic carbocycles. The van der Waals surface area contributed by atoms with E-state index in [2.05, 4.69) is 84.9 Å². The van der Waals surface area contributed by atoms with Gasteiger partial charge in [0.25, 0.3) is 0 Å². The van der Waals surface area contributed by atoms with Gasteiger partial charge in [0.2, 0.25) is 0 Å². The molecule has 0 atom stereocenters. The summed E-state index contributed by atoms with van der Waals surface area (Å²) in [5, 5.41) is 9.08. The van der Waals surface area contributed by atoms with Gasteiger partial charge >= 0.3 is 0 Å². The molecule has 4 N–H and O–H groups in total. The van der Waals surface area contributed by atoms with Gasteiger partial charge in [0, 0.05) is 33.3 Å². The topological polar surface area (TPSA) is 52.0 Å². The third kappa shape index (κ3) is 2.19. The zero-order chi connectivity index (χ0) is 20.2. The molecule has 6 rings (SSSR count). The highest BCUT2D eigenvalue weighted by atomic mass is 14.6. The Morgan fingerprint density at radius 1 is 0.300 bits per heavy atom. The van der Waals surface area contributed by atoms with Gasteiger partial charge in [-0.25, -0.2) is 0 Å². The molecule has 142 valence electrons. The molecule has 0 saturated carbocycles. The van der Waals surface area contributed by atoms with Crippen LogP contribution in [0.15, 0.2) is 97.1 Å². The Bertz CT molecular complexity index is 1490. The molecule has 30 heavy (non-hydrogen) atoms. The highest BCUT2D eigenvalue weighted by Crippen LogP contribution is 2.47. The predicted molar refractivity (Wildman–Crippen MR) is 131 cm³/mol. The van der Waals surface area contributed by atoms with Gasteiger partial charge in [0.15, 0.2) is 0 Å². The molecular formula is C28H20N2. The minimum atomic E-state index is 0.774. The van der Waals surface area contributed by atoms with Crippen LogP contribution in [0.2, 0.25) is 0 Å². The number of hydrogen-bond donors (Lipinski definition) is 2. The summed E-state index contributed by atoms with van der Waals surface area (Å²) in [4.78, 5) is 0. The number of benzene rings is 6. The van der Waals surface area contributed by atoms with Crippen LogP contribution >= 0.6 is 0 Å². The van der Waals surface area contributed by atoms with Gasteiger partial charge in [0.05, 0.1) is 0 Å². The van der Waals surface area contributed by atoms with Gasteiger partial charge < -0.3 is 11.5 Å². The van der Waals surface area contributed by atoms with Crippen molar-refractivity contribution in [2.45, 2.75) is 0 Å². The van der Waals surface area contributed by atoms with Crippen molar-refractivity contribution in [2.24, 2.45) is 0 Å². The SMILES string of the molecule is Nc1c(-c2c(N)c3ccccc3c3ccccc23)c2ccccc2c2ccccc12. The van der Waals surface area contributed by atoms with E-state index in [1.807, 2.05) is 12.1 Å². The molecule has 6 aromatic carbocycles. The first-order valence-electron chi connectivity index (χ1n) is 10.1. The number of anilines is 2. The number of fused-ring (bicyclic) bond motifs is 6. The average molecular weight is 384 g/mol. The van der Waals surface area contributed by atoms with Crippen LogP contribution in [-0.2, 0) is 0 Å². The van der Waals surface area contributed by atoms with Crippen LogP contribution in [-0.4, -0.2) is 0 Å². The normalized spacial score (nSPS) is 11.6. The van der Waals surface area contributed by atoms with Crippen molar-refractivity contribution in [1.82, 2.24) is 0 Å². The zero-order valence-corrected chi connectivity index (χ0v) is 16.4. The van der Waals surface area contributed by atoms with E-state index in [-0.39, 0.29) is 0 Å². The molecule has 0 aromatic heterocycles. The van der Waals surface area contributed by atoms with E-state index < -0.39 is 0 Å². The van der Waals surface area contributed by atoms with Crippen LogP contribution in [0.1, 0.15) is 0 Å². The van der Waals surface area contributed by atoms with Crippen LogP contribution in [0.3, 0.4) is 0 Å². The molecule has 0 radical (unpaired) electrons. The van der Waals surface area contributed by atoms with E-state index in [9.17, 15) is 0 Å². The maximum atomic E-state index is 6.87. The van der Waals surface area contributed by atoms with E-state index in [1.165, 1.54) is 10.8 Å². The fraction of sp³-hybridized carbons (Fsp3) is 0. The third-order valence-corrected chi connectivity index (χ3v) is 6.20. The number of nitrogen functional groups attached to an aromatic ring is 2. The maximum absolute atomic E-state index is 6.87. The first-order chi connectivity index (χ1) is 14.8. The Hall–Kier alpha value is -4.04. The monoisotopic (exact) mass is 384 g/mol. The van der Waals surface area contributed by atoms with Crippen LogP contribution in [0.25, 0.3) is 54.2 Å². The van der Waals surface area contributed by atoms with Crippen molar-refractivity contribution >= 4 is 54.5 Å². The van der Waals surface area contributed by atoms with E-state index in [4.69, 9.17) is 11.5 Å². The molecule has 6 aromatic rings. The molecule has 2 nitrogen and oxygen atoms in total. The van der Waals surface area contributed by atoms with Crippen LogP contribution in [0, 0.1) is 0 Å². The molecule has 2 heteroatoms. The molecule has 0 heterocycles. The predicted octanol–water partition coefficient (Wildman–Crippen LogP) is 7.13. The Morgan fingerprint density at radius 2 is 0.533 bits per heavy atom. The summed E-state index contributed by atoms with van der Waals surface area (Å²) in [6.07, 6.45) is 0. The molecule has 0 unspecified atom stereocenters. The summed E-state index contributed by atoms with van der Waals surface area (Å²) in [5.74, 6) is 0. The Labute approximate surface area is 174 Å². The largest absolute Gasteiger partial charge is 0.398 e. The van der Waals surface area contributed by atoms with Crippen LogP contribution in [0.5, 0.6) is 0 Å². The van der Waals surface area contributed by atoms with Gasteiger partial charge in [-0.15, -0.1) is 0 Å². The first-order valence-corrected chi connectivity index (χ1v) is 10.1. The van der Waals surface area contributed by atoms with Crippen molar-refractivity contribution in [2.75, 3.05) is 11.5 Å². The van der Waals surface area contributed by atoms with Crippen LogP contribution < -0.4 is 11.5 Å². The number of rotatable bonds is 1. The highest BCUT2D eigenvalue weighted by Gasteiger charge is 2.20. The second-order valence-corrected chi connectivity index (χ2v) is 7.76. The second-order valence-electron chi connectivity index (χ2n) is 7.76. The fourth-order valence-corrected chi connectivity index (χ4v) is 4.88. The van der Waals surface area contributed by atoms with Crippen molar-refractivity contribution in [3.05, 3.63) is 97.1 Å². The highest BCUT2D eigenvalue weighted by molar-refractivity contribution is 6.28. The summed E-state index contributed by atoms with van der Waals surface area (Å²) < 4.78 is 0. The van der Waals surface area contributed by atoms with Crippen LogP contribution in [0.4, 0.5) is 11.4 Å². The summed E-state index contributed by atoms with van der Waals surface area (Å²) in [7, 11) is 0. The zero-order valence-electron chi connectivity index (χ0n) is 16.4. The first kappa shape index (κ1) is 16.9. The van der Waals surface area contributed by atoms with E-state index in [0.717, 1.165) is 54.8 Å². The Morgan fingerprint density at radius 3 is 0.867 bits per heavy atom. The van der Waals surface area contributed by atoms with E-state index in [0.29, 0.717) is 0 Å². The molecule has 0 aliphatic heterocycles. The van der Waals surface area contributed by atoms with E-state index in [1.54, 1.807) is 0 Å². The average Bonchev–Trinajstić information content (AvgIpc) is 2.81. The second kappa shape index (κ2) is 6.23. The lowest BCUT2D eigenvalue weighted by molar-refractivity contribution is 1.69. The minimum absolute atomic E-state index is 0.774. The number of hydrogen-bond acceptors (Lipinski definition) is 2. The minimum Gasteiger partial charge on any atom is -0.398 e. The van der Waals surface area contributed by atoms with E-state index >= 15 is 0 Å². The molecule has 0 amide bonds. The lowest BCUT2D eigenvalue weighted by Gasteiger charge is -2.20. The standard InChI is InChI=1S/C28H20N2/c29-27-23-15-7-3-11-19(23)17-9-1-5-13-21(17)25(27)26-22-14-6-2-10-18(22)20-12-4-8-16-24(20)28(26)30/h1-16H,29-30H2. The Balaban J connectivity index is 1.92. The molecular weight excluding hydrogens is 364 g/mol. The summed E-state index contributed by atoms with van der Waals surface area (Å²) in [5.41, 5.74) is 17.3. The van der Waals surface area contributed by atoms with Crippen molar-refractivity contribution in [3.63, 3.8) is 0 Å². The maximum Gasteiger partial charge on any atom is 0.0480 e. The van der Waals surface area contributed by atoms with Crippen molar-refractivity contribution < 1.29 is 0 Å². The number of nitrogens with two attached hydrogens (primary N) is 2. The smallest absolute Gasteiger partial charge is 0.0480 e. The lowest BCUT2D eigenvalue weighted by Crippen LogP contribution is -1.99. The lowest BCUT2D eigenvalue weighted by atomic mass is 9.86. The van der Waals surface area contributed by atoms with Crippen molar-refractivity contribution in [3.8, 4) is 11.1 Å². The van der Waals surface area contributed by atoms with Gasteiger partial charge in [-0.1, -0.05) is 97.1 Å². The molecule has 0 bridgehead atoms. The molecule has 0 aliphatic rings. The third-order valence-electron chi connectivity index (χ3n) is 6.20. The van der Waals surface area contributed by atoms with Gasteiger partial charge in [0.1, 0.15) is 0 Å². The molecule has 0 spiro atoms. The summed E-state index contributed by atoms with van der Waals surface area (Å²) in [6, 6.07) is 33.6. The molecule has 0 saturated heterocycles. The summed E-state index contributed by atoms with van der Waals surface area (Å²) >= 11 is 0. The summed E-state index contributed by atoms with van der Waals surface area (Å²) in [6.45, 7) is 0. The van der Waals surface area contributed by atoms with Crippen molar-refractivity contribution in [1.29, 1.82) is 0 Å². The van der Waals surface area contributed by atoms with Gasteiger partial charge in [-0.3, -0.25) is 0 Å². The fourth-order valence-electron chi connectivity index (χ4n) is 4.88. The Kier molecular flexibility index (Phi) is 3.50.